The molecule has 3 heteroatoms. The second-order valence-electron chi connectivity index (χ2n) is 4.08. The van der Waals surface area contributed by atoms with Gasteiger partial charge in [-0.15, -0.1) is 0 Å². The summed E-state index contributed by atoms with van der Waals surface area (Å²) in [4.78, 5) is 2.00. The number of hydrogen-bond acceptors (Lipinski definition) is 1. The predicted molar refractivity (Wildman–Crippen MR) is 77.8 cm³/mol. The maximum absolute atomic E-state index is 14.0. The van der Waals surface area contributed by atoms with Crippen molar-refractivity contribution in [2.45, 2.75) is 13.3 Å². The van der Waals surface area contributed by atoms with Crippen LogP contribution in [0.4, 0.5) is 15.8 Å². The van der Waals surface area contributed by atoms with Crippen molar-refractivity contribution in [3.63, 3.8) is 0 Å². The molecule has 0 saturated heterocycles. The van der Waals surface area contributed by atoms with E-state index in [2.05, 4.69) is 22.9 Å². The topological polar surface area (TPSA) is 3.24 Å². The molecular weight excluding hydrogens is 293 g/mol. The highest BCUT2D eigenvalue weighted by Crippen LogP contribution is 2.30. The summed E-state index contributed by atoms with van der Waals surface area (Å²) in [6.45, 7) is 2.88. The molecular formula is C15H15BrFN. The van der Waals surface area contributed by atoms with Crippen molar-refractivity contribution in [2.75, 3.05) is 11.4 Å². The minimum Gasteiger partial charge on any atom is -0.339 e. The van der Waals surface area contributed by atoms with Crippen LogP contribution in [0.5, 0.6) is 0 Å². The number of halogens is 2. The molecule has 0 aliphatic carbocycles. The predicted octanol–water partition coefficient (Wildman–Crippen LogP) is 5.14. The van der Waals surface area contributed by atoms with Gasteiger partial charge in [-0.05, 0) is 36.8 Å². The van der Waals surface area contributed by atoms with Crippen LogP contribution in [0.15, 0.2) is 53.0 Å². The van der Waals surface area contributed by atoms with Gasteiger partial charge in [-0.2, -0.15) is 0 Å². The molecule has 1 nitrogen and oxygen atoms in total. The van der Waals surface area contributed by atoms with Crippen molar-refractivity contribution in [1.82, 2.24) is 0 Å². The molecule has 2 aromatic rings. The van der Waals surface area contributed by atoms with E-state index >= 15 is 0 Å². The molecule has 0 aliphatic rings. The Hall–Kier alpha value is -1.35. The first-order valence-corrected chi connectivity index (χ1v) is 6.79. The highest BCUT2D eigenvalue weighted by atomic mass is 79.9. The van der Waals surface area contributed by atoms with Crippen LogP contribution in [-0.2, 0) is 0 Å². The Morgan fingerprint density at radius 1 is 1.11 bits per heavy atom. The largest absolute Gasteiger partial charge is 0.339 e. The van der Waals surface area contributed by atoms with Gasteiger partial charge in [0.05, 0.1) is 5.69 Å². The van der Waals surface area contributed by atoms with Crippen LogP contribution in [0, 0.1) is 5.82 Å². The summed E-state index contributed by atoms with van der Waals surface area (Å²) in [5, 5.41) is 0. The Balaban J connectivity index is 2.44. The molecule has 94 valence electrons. The van der Waals surface area contributed by atoms with E-state index in [0.717, 1.165) is 23.1 Å². The van der Waals surface area contributed by atoms with Gasteiger partial charge in [-0.25, -0.2) is 4.39 Å². The Bertz CT molecular complexity index is 513. The molecule has 18 heavy (non-hydrogen) atoms. The Morgan fingerprint density at radius 2 is 1.83 bits per heavy atom. The molecule has 0 spiro atoms. The number of benzene rings is 2. The van der Waals surface area contributed by atoms with Crippen molar-refractivity contribution >= 4 is 27.3 Å². The maximum atomic E-state index is 14.0. The van der Waals surface area contributed by atoms with Crippen LogP contribution in [0.25, 0.3) is 0 Å². The number of para-hydroxylation sites is 1. The van der Waals surface area contributed by atoms with Crippen LogP contribution in [0.1, 0.15) is 13.3 Å². The van der Waals surface area contributed by atoms with E-state index in [1.807, 2.05) is 41.3 Å². The molecule has 0 N–H and O–H groups in total. The molecule has 2 rings (SSSR count). The van der Waals surface area contributed by atoms with Gasteiger partial charge in [0.2, 0.25) is 0 Å². The van der Waals surface area contributed by atoms with Crippen molar-refractivity contribution in [3.05, 3.63) is 58.8 Å². The van der Waals surface area contributed by atoms with Crippen molar-refractivity contribution < 1.29 is 4.39 Å². The van der Waals surface area contributed by atoms with E-state index in [0.29, 0.717) is 5.69 Å². The zero-order valence-corrected chi connectivity index (χ0v) is 11.8. The second-order valence-corrected chi connectivity index (χ2v) is 5.00. The first kappa shape index (κ1) is 13.1. The van der Waals surface area contributed by atoms with E-state index in [9.17, 15) is 4.39 Å². The third kappa shape index (κ3) is 2.91. The van der Waals surface area contributed by atoms with Crippen molar-refractivity contribution in [2.24, 2.45) is 0 Å². The first-order chi connectivity index (χ1) is 8.72. The number of hydrogen-bond donors (Lipinski definition) is 0. The fourth-order valence-corrected chi connectivity index (χ4v) is 2.26. The lowest BCUT2D eigenvalue weighted by molar-refractivity contribution is 0.624. The fourth-order valence-electron chi connectivity index (χ4n) is 1.91. The normalized spacial score (nSPS) is 10.4. The molecule has 0 bridgehead atoms. The molecule has 0 atom stereocenters. The monoisotopic (exact) mass is 307 g/mol. The van der Waals surface area contributed by atoms with Gasteiger partial charge in [0, 0.05) is 16.7 Å². The molecule has 0 aliphatic heterocycles. The average molecular weight is 308 g/mol. The standard InChI is InChI=1S/C15H15BrFN/c1-2-10-18(13-6-4-3-5-7-13)15-11-12(16)8-9-14(15)17/h3-9,11H,2,10H2,1H3. The molecule has 0 heterocycles. The Labute approximate surface area is 115 Å². The lowest BCUT2D eigenvalue weighted by atomic mass is 10.2. The number of anilines is 2. The molecule has 0 saturated carbocycles. The molecule has 0 fully saturated rings. The summed E-state index contributed by atoms with van der Waals surface area (Å²) in [5.41, 5.74) is 1.62. The van der Waals surface area contributed by atoms with E-state index in [4.69, 9.17) is 0 Å². The zero-order valence-electron chi connectivity index (χ0n) is 10.2. The van der Waals surface area contributed by atoms with Gasteiger partial charge in [-0.1, -0.05) is 41.1 Å². The van der Waals surface area contributed by atoms with Gasteiger partial charge in [0.25, 0.3) is 0 Å². The van der Waals surface area contributed by atoms with E-state index in [-0.39, 0.29) is 5.82 Å². The Morgan fingerprint density at radius 3 is 2.50 bits per heavy atom. The maximum Gasteiger partial charge on any atom is 0.146 e. The van der Waals surface area contributed by atoms with Crippen molar-refractivity contribution in [3.8, 4) is 0 Å². The highest BCUT2D eigenvalue weighted by Gasteiger charge is 2.13. The van der Waals surface area contributed by atoms with E-state index in [1.54, 1.807) is 6.07 Å². The lowest BCUT2D eigenvalue weighted by Crippen LogP contribution is -2.19. The summed E-state index contributed by atoms with van der Waals surface area (Å²) in [6.07, 6.45) is 0.959. The summed E-state index contributed by atoms with van der Waals surface area (Å²) >= 11 is 3.39. The highest BCUT2D eigenvalue weighted by molar-refractivity contribution is 9.10. The van der Waals surface area contributed by atoms with Crippen molar-refractivity contribution in [1.29, 1.82) is 0 Å². The minimum absolute atomic E-state index is 0.199. The summed E-state index contributed by atoms with van der Waals surface area (Å²) < 4.78 is 14.9. The van der Waals surface area contributed by atoms with Gasteiger partial charge >= 0.3 is 0 Å². The lowest BCUT2D eigenvalue weighted by Gasteiger charge is -2.25. The summed E-state index contributed by atoms with van der Waals surface area (Å²) in [7, 11) is 0. The number of rotatable bonds is 4. The second kappa shape index (κ2) is 6.01. The third-order valence-corrected chi connectivity index (χ3v) is 3.21. The van der Waals surface area contributed by atoms with Crippen LogP contribution in [0.3, 0.4) is 0 Å². The molecule has 0 aromatic heterocycles. The first-order valence-electron chi connectivity index (χ1n) is 6.00. The van der Waals surface area contributed by atoms with Crippen LogP contribution in [-0.4, -0.2) is 6.54 Å². The molecule has 2 aromatic carbocycles. The summed E-state index contributed by atoms with van der Waals surface area (Å²) in [6, 6.07) is 14.9. The van der Waals surface area contributed by atoms with Gasteiger partial charge in [0.15, 0.2) is 0 Å². The third-order valence-electron chi connectivity index (χ3n) is 2.71. The van der Waals surface area contributed by atoms with E-state index < -0.39 is 0 Å². The Kier molecular flexibility index (Phi) is 4.37. The summed E-state index contributed by atoms with van der Waals surface area (Å²) in [5.74, 6) is -0.199. The van der Waals surface area contributed by atoms with Gasteiger partial charge < -0.3 is 4.90 Å². The average Bonchev–Trinajstić information content (AvgIpc) is 2.40. The van der Waals surface area contributed by atoms with Gasteiger partial charge in [-0.3, -0.25) is 0 Å². The zero-order chi connectivity index (χ0) is 13.0. The van der Waals surface area contributed by atoms with Crippen LogP contribution < -0.4 is 4.90 Å². The molecule has 0 amide bonds. The smallest absolute Gasteiger partial charge is 0.146 e. The molecule has 0 radical (unpaired) electrons. The quantitative estimate of drug-likeness (QED) is 0.756. The van der Waals surface area contributed by atoms with E-state index in [1.165, 1.54) is 6.07 Å². The fraction of sp³-hybridized carbons (Fsp3) is 0.200. The minimum atomic E-state index is -0.199. The number of nitrogens with zero attached hydrogens (tertiary/aromatic N) is 1. The van der Waals surface area contributed by atoms with Crippen LogP contribution in [0.2, 0.25) is 0 Å². The van der Waals surface area contributed by atoms with Gasteiger partial charge in [0.1, 0.15) is 5.82 Å². The van der Waals surface area contributed by atoms with Crippen LogP contribution >= 0.6 is 15.9 Å². The molecule has 0 unspecified atom stereocenters. The SMILES string of the molecule is CCCN(c1ccccc1)c1cc(Br)ccc1F.